The Bertz CT molecular complexity index is 1030. The highest BCUT2D eigenvalue weighted by atomic mass is 16.6. The van der Waals surface area contributed by atoms with Gasteiger partial charge in [0, 0.05) is 23.0 Å². The summed E-state index contributed by atoms with van der Waals surface area (Å²) in [5, 5.41) is 23.5. The third-order valence-electron chi connectivity index (χ3n) is 5.67. The number of hydrogen-bond acceptors (Lipinski definition) is 8. The summed E-state index contributed by atoms with van der Waals surface area (Å²) in [5.41, 5.74) is 1.09. The first-order valence-corrected chi connectivity index (χ1v) is 10.5. The zero-order chi connectivity index (χ0) is 23.3. The maximum Gasteiger partial charge on any atom is 0.337 e. The fourth-order valence-electron chi connectivity index (χ4n) is 4.23. The van der Waals surface area contributed by atoms with Gasteiger partial charge in [-0.2, -0.15) is 5.26 Å². The summed E-state index contributed by atoms with van der Waals surface area (Å²) in [5.74, 6) is -2.40. The van der Waals surface area contributed by atoms with Crippen molar-refractivity contribution >= 4 is 17.6 Å². The SMILES string of the molecule is CC1=C(C(=O)OCCC#N)C(c2ccccc2[N+](=O)[O-])C(C(=O)OC2CCCC2)=C(C)N1. The monoisotopic (exact) mass is 439 g/mol. The van der Waals surface area contributed by atoms with Gasteiger partial charge in [-0.05, 0) is 39.5 Å². The van der Waals surface area contributed by atoms with Crippen molar-refractivity contribution in [1.29, 1.82) is 5.26 Å². The molecule has 1 heterocycles. The first-order valence-electron chi connectivity index (χ1n) is 10.5. The predicted molar refractivity (Wildman–Crippen MR) is 114 cm³/mol. The van der Waals surface area contributed by atoms with Crippen LogP contribution in [0.3, 0.4) is 0 Å². The minimum atomic E-state index is -1.04. The molecule has 0 saturated heterocycles. The van der Waals surface area contributed by atoms with Crippen LogP contribution >= 0.6 is 0 Å². The van der Waals surface area contributed by atoms with Crippen LogP contribution in [0.2, 0.25) is 0 Å². The van der Waals surface area contributed by atoms with Crippen LogP contribution in [0.4, 0.5) is 5.69 Å². The van der Waals surface area contributed by atoms with Crippen LogP contribution < -0.4 is 5.32 Å². The van der Waals surface area contributed by atoms with Gasteiger partial charge in [0.2, 0.25) is 0 Å². The minimum Gasteiger partial charge on any atom is -0.461 e. The zero-order valence-corrected chi connectivity index (χ0v) is 18.1. The number of carbonyl (C=O) groups is 2. The van der Waals surface area contributed by atoms with Crippen LogP contribution in [-0.4, -0.2) is 29.6 Å². The average molecular weight is 439 g/mol. The Labute approximate surface area is 185 Å². The Morgan fingerprint density at radius 3 is 2.41 bits per heavy atom. The molecule has 2 aliphatic rings. The summed E-state index contributed by atoms with van der Waals surface area (Å²) in [4.78, 5) is 37.5. The molecule has 3 rings (SSSR count). The molecule has 1 aromatic rings. The quantitative estimate of drug-likeness (QED) is 0.294. The molecule has 1 saturated carbocycles. The van der Waals surface area contributed by atoms with Crippen LogP contribution in [0.1, 0.15) is 57.4 Å². The second-order valence-corrected chi connectivity index (χ2v) is 7.81. The summed E-state index contributed by atoms with van der Waals surface area (Å²) in [6.45, 7) is 3.19. The molecule has 0 bridgehead atoms. The molecule has 32 heavy (non-hydrogen) atoms. The van der Waals surface area contributed by atoms with E-state index in [2.05, 4.69) is 5.32 Å². The zero-order valence-electron chi connectivity index (χ0n) is 18.1. The highest BCUT2D eigenvalue weighted by molar-refractivity contribution is 6.00. The predicted octanol–water partition coefficient (Wildman–Crippen LogP) is 3.77. The molecule has 0 radical (unpaired) electrons. The van der Waals surface area contributed by atoms with Gasteiger partial charge in [0.25, 0.3) is 5.69 Å². The smallest absolute Gasteiger partial charge is 0.337 e. The first-order chi connectivity index (χ1) is 15.3. The van der Waals surface area contributed by atoms with Crippen molar-refractivity contribution in [3.8, 4) is 6.07 Å². The summed E-state index contributed by atoms with van der Waals surface area (Å²) in [7, 11) is 0. The number of esters is 2. The largest absolute Gasteiger partial charge is 0.461 e. The fraction of sp³-hybridized carbons (Fsp3) is 0.435. The number of nitro benzene ring substituents is 1. The Kier molecular flexibility index (Phi) is 7.25. The summed E-state index contributed by atoms with van der Waals surface area (Å²) < 4.78 is 10.9. The average Bonchev–Trinajstić information content (AvgIpc) is 3.26. The number of allylic oxidation sites excluding steroid dienone is 2. The van der Waals surface area contributed by atoms with E-state index in [1.807, 2.05) is 6.07 Å². The lowest BCUT2D eigenvalue weighted by Gasteiger charge is -2.30. The highest BCUT2D eigenvalue weighted by Crippen LogP contribution is 2.43. The third-order valence-corrected chi connectivity index (χ3v) is 5.67. The first kappa shape index (κ1) is 23.0. The van der Waals surface area contributed by atoms with Crippen molar-refractivity contribution in [2.24, 2.45) is 0 Å². The fourth-order valence-corrected chi connectivity index (χ4v) is 4.23. The number of benzene rings is 1. The van der Waals surface area contributed by atoms with Crippen molar-refractivity contribution in [3.05, 3.63) is 62.5 Å². The standard InChI is InChI=1S/C23H25N3O6/c1-14-19(22(27)31-13-7-12-24)21(17-10-5-6-11-18(17)26(29)30)20(15(2)25-14)23(28)32-16-8-3-4-9-16/h5-6,10-11,16,21,25H,3-4,7-9,13H2,1-2H3. The number of carbonyl (C=O) groups excluding carboxylic acids is 2. The second kappa shape index (κ2) is 10.1. The molecule has 9 heteroatoms. The minimum absolute atomic E-state index is 0.00704. The molecule has 9 nitrogen and oxygen atoms in total. The molecule has 1 fully saturated rings. The van der Waals surface area contributed by atoms with Crippen molar-refractivity contribution in [2.75, 3.05) is 6.61 Å². The Hall–Kier alpha value is -3.67. The summed E-state index contributed by atoms with van der Waals surface area (Å²) in [6, 6.07) is 7.90. The van der Waals surface area contributed by atoms with Crippen molar-refractivity contribution in [3.63, 3.8) is 0 Å². The Morgan fingerprint density at radius 1 is 1.16 bits per heavy atom. The Morgan fingerprint density at radius 2 is 1.78 bits per heavy atom. The van der Waals surface area contributed by atoms with Crippen LogP contribution in [0, 0.1) is 21.4 Å². The van der Waals surface area contributed by atoms with Gasteiger partial charge >= 0.3 is 11.9 Å². The lowest BCUT2D eigenvalue weighted by Crippen LogP contribution is -2.33. The number of para-hydroxylation sites is 1. The van der Waals surface area contributed by atoms with Gasteiger partial charge in [-0.1, -0.05) is 18.2 Å². The molecule has 1 unspecified atom stereocenters. The van der Waals surface area contributed by atoms with Crippen LogP contribution in [0.25, 0.3) is 0 Å². The van der Waals surface area contributed by atoms with E-state index in [0.717, 1.165) is 25.7 Å². The van der Waals surface area contributed by atoms with Gasteiger partial charge in [0.15, 0.2) is 0 Å². The Balaban J connectivity index is 2.09. The molecule has 1 atom stereocenters. The van der Waals surface area contributed by atoms with Crippen molar-refractivity contribution in [2.45, 2.75) is 58.0 Å². The maximum atomic E-state index is 13.3. The van der Waals surface area contributed by atoms with Crippen molar-refractivity contribution in [1.82, 2.24) is 5.32 Å². The van der Waals surface area contributed by atoms with Crippen LogP contribution in [0.15, 0.2) is 46.8 Å². The molecular weight excluding hydrogens is 414 g/mol. The molecule has 0 spiro atoms. The van der Waals surface area contributed by atoms with Crippen molar-refractivity contribution < 1.29 is 24.0 Å². The number of rotatable bonds is 7. The van der Waals surface area contributed by atoms with E-state index in [9.17, 15) is 19.7 Å². The van der Waals surface area contributed by atoms with Gasteiger partial charge in [0.1, 0.15) is 12.7 Å². The highest BCUT2D eigenvalue weighted by Gasteiger charge is 2.41. The molecular formula is C23H25N3O6. The van der Waals surface area contributed by atoms with E-state index in [0.29, 0.717) is 11.4 Å². The second-order valence-electron chi connectivity index (χ2n) is 7.81. The van der Waals surface area contributed by atoms with Gasteiger partial charge in [-0.15, -0.1) is 0 Å². The lowest BCUT2D eigenvalue weighted by molar-refractivity contribution is -0.385. The molecule has 1 aliphatic carbocycles. The maximum absolute atomic E-state index is 13.3. The van der Waals surface area contributed by atoms with Gasteiger partial charge in [-0.3, -0.25) is 10.1 Å². The number of nitrogens with one attached hydrogen (secondary N) is 1. The molecule has 1 N–H and O–H groups in total. The molecule has 0 amide bonds. The van der Waals surface area contributed by atoms with E-state index in [4.69, 9.17) is 14.7 Å². The number of dihydropyridines is 1. The molecule has 0 aromatic heterocycles. The lowest BCUT2D eigenvalue weighted by atomic mass is 9.79. The number of nitro groups is 1. The van der Waals surface area contributed by atoms with Crippen LogP contribution in [-0.2, 0) is 19.1 Å². The normalized spacial score (nSPS) is 18.7. The van der Waals surface area contributed by atoms with E-state index in [1.54, 1.807) is 19.9 Å². The third kappa shape index (κ3) is 4.80. The van der Waals surface area contributed by atoms with Crippen LogP contribution in [0.5, 0.6) is 0 Å². The molecule has 1 aromatic carbocycles. The topological polar surface area (TPSA) is 132 Å². The molecule has 1 aliphatic heterocycles. The van der Waals surface area contributed by atoms with E-state index in [1.165, 1.54) is 18.2 Å². The van der Waals surface area contributed by atoms with E-state index in [-0.39, 0.29) is 41.5 Å². The van der Waals surface area contributed by atoms with Gasteiger partial charge < -0.3 is 14.8 Å². The number of ether oxygens (including phenoxy) is 2. The van der Waals surface area contributed by atoms with Gasteiger partial charge in [-0.25, -0.2) is 9.59 Å². The number of nitriles is 1. The summed E-state index contributed by atoms with van der Waals surface area (Å²) in [6.07, 6.45) is 3.26. The molecule has 168 valence electrons. The van der Waals surface area contributed by atoms with Gasteiger partial charge in [0.05, 0.1) is 34.5 Å². The summed E-state index contributed by atoms with van der Waals surface area (Å²) >= 11 is 0. The number of nitrogens with zero attached hydrogens (tertiary/aromatic N) is 2. The van der Waals surface area contributed by atoms with E-state index < -0.39 is 22.8 Å². The number of hydrogen-bond donors (Lipinski definition) is 1. The van der Waals surface area contributed by atoms with E-state index >= 15 is 0 Å².